The molecule has 0 radical (unpaired) electrons. The minimum atomic E-state index is -0.449. The fraction of sp³-hybridized carbons (Fsp3) is 0.441. The maximum atomic E-state index is 15.3. The van der Waals surface area contributed by atoms with E-state index in [4.69, 9.17) is 9.47 Å². The average molecular weight is 619 g/mol. The van der Waals surface area contributed by atoms with Crippen molar-refractivity contribution in [2.75, 3.05) is 39.5 Å². The summed E-state index contributed by atoms with van der Waals surface area (Å²) in [6.45, 7) is 3.97. The molecule has 1 amide bonds. The van der Waals surface area contributed by atoms with Crippen LogP contribution in [-0.2, 0) is 22.5 Å². The summed E-state index contributed by atoms with van der Waals surface area (Å²) < 4.78 is 42.0. The zero-order valence-corrected chi connectivity index (χ0v) is 25.5. The van der Waals surface area contributed by atoms with E-state index in [2.05, 4.69) is 27.6 Å². The second-order valence-electron chi connectivity index (χ2n) is 12.1. The van der Waals surface area contributed by atoms with E-state index in [1.54, 1.807) is 6.07 Å². The third-order valence-electron chi connectivity index (χ3n) is 9.42. The summed E-state index contributed by atoms with van der Waals surface area (Å²) in [5.74, 6) is -0.232. The Hall–Kier alpha value is -3.47. The molecule has 44 heavy (non-hydrogen) atoms. The van der Waals surface area contributed by atoms with Crippen molar-refractivity contribution in [1.29, 1.82) is 0 Å². The van der Waals surface area contributed by atoms with Gasteiger partial charge >= 0.3 is 0 Å². The highest BCUT2D eigenvalue weighted by atomic mass is 32.1. The van der Waals surface area contributed by atoms with Crippen molar-refractivity contribution in [1.82, 2.24) is 20.4 Å². The summed E-state index contributed by atoms with van der Waals surface area (Å²) in [5.41, 5.74) is 4.63. The summed E-state index contributed by atoms with van der Waals surface area (Å²) in [4.78, 5) is 15.0. The molecule has 1 spiro atoms. The monoisotopic (exact) mass is 618 g/mol. The molecule has 4 aromatic rings. The molecule has 1 saturated heterocycles. The molecule has 2 aromatic carbocycles. The zero-order valence-electron chi connectivity index (χ0n) is 24.7. The van der Waals surface area contributed by atoms with Gasteiger partial charge in [-0.2, -0.15) is 0 Å². The minimum absolute atomic E-state index is 0.134. The second-order valence-corrected chi connectivity index (χ2v) is 13.0. The molecule has 1 aliphatic carbocycles. The highest BCUT2D eigenvalue weighted by Crippen LogP contribution is 2.45. The Bertz CT molecular complexity index is 1690. The van der Waals surface area contributed by atoms with Gasteiger partial charge in [0.25, 0.3) is 0 Å². The number of carbonyl (C=O) groups excluding carboxylic acids is 1. The molecular weight excluding hydrogens is 582 g/mol. The van der Waals surface area contributed by atoms with Crippen LogP contribution in [0.5, 0.6) is 5.75 Å². The fourth-order valence-corrected chi connectivity index (χ4v) is 7.94. The van der Waals surface area contributed by atoms with Gasteiger partial charge in [0, 0.05) is 42.2 Å². The Morgan fingerprint density at radius 3 is 2.70 bits per heavy atom. The number of rotatable bonds is 9. The summed E-state index contributed by atoms with van der Waals surface area (Å²) in [6.07, 6.45) is 7.39. The van der Waals surface area contributed by atoms with E-state index in [0.717, 1.165) is 63.7 Å². The molecule has 2 aliphatic heterocycles. The van der Waals surface area contributed by atoms with Crippen LogP contribution in [0.1, 0.15) is 49.7 Å². The molecule has 230 valence electrons. The van der Waals surface area contributed by atoms with Gasteiger partial charge < -0.3 is 19.7 Å². The van der Waals surface area contributed by atoms with Gasteiger partial charge in [-0.05, 0) is 61.6 Å². The number of nitrogens with one attached hydrogen (secondary N) is 1. The van der Waals surface area contributed by atoms with Gasteiger partial charge in [-0.3, -0.25) is 4.79 Å². The standard InChI is InChI=1S/C34H36F2N4O3S/c35-25-6-7-26(28(19-25)43-17-16-42-15-14-40-13-11-34(33(40)41)9-2-1-3-10-34)31-32-29(27(36)21-44-32)30(38-39-31)23-4-5-24-20-37-12-8-22(24)18-23/h4-7,18-19,21,37H,1-3,8-17,20H2. The Kier molecular flexibility index (Phi) is 8.31. The third-order valence-corrected chi connectivity index (χ3v) is 10.4. The van der Waals surface area contributed by atoms with Crippen molar-refractivity contribution in [2.24, 2.45) is 5.41 Å². The van der Waals surface area contributed by atoms with Crippen LogP contribution in [0.4, 0.5) is 8.78 Å². The van der Waals surface area contributed by atoms with Crippen LogP contribution in [0.15, 0.2) is 41.8 Å². The van der Waals surface area contributed by atoms with Gasteiger partial charge in [0.05, 0.1) is 28.7 Å². The van der Waals surface area contributed by atoms with E-state index in [0.29, 0.717) is 45.9 Å². The number of fused-ring (bicyclic) bond motifs is 2. The topological polar surface area (TPSA) is 76.6 Å². The van der Waals surface area contributed by atoms with Crippen LogP contribution < -0.4 is 10.1 Å². The average Bonchev–Trinajstić information content (AvgIpc) is 3.58. The van der Waals surface area contributed by atoms with Crippen molar-refractivity contribution < 1.29 is 23.0 Å². The van der Waals surface area contributed by atoms with Crippen LogP contribution >= 0.6 is 11.3 Å². The van der Waals surface area contributed by atoms with Gasteiger partial charge in [-0.1, -0.05) is 31.4 Å². The molecule has 0 atom stereocenters. The van der Waals surface area contributed by atoms with Crippen LogP contribution in [0.25, 0.3) is 32.6 Å². The summed E-state index contributed by atoms with van der Waals surface area (Å²) in [6, 6.07) is 10.4. The maximum absolute atomic E-state index is 15.3. The molecule has 4 heterocycles. The molecule has 2 aromatic heterocycles. The number of halogens is 2. The smallest absolute Gasteiger partial charge is 0.228 e. The molecule has 0 bridgehead atoms. The molecular formula is C34H36F2N4O3S. The lowest BCUT2D eigenvalue weighted by molar-refractivity contribution is -0.138. The van der Waals surface area contributed by atoms with Crippen molar-refractivity contribution in [3.63, 3.8) is 0 Å². The number of thiophene rings is 1. The molecule has 0 unspecified atom stereocenters. The molecule has 1 N–H and O–H groups in total. The van der Waals surface area contributed by atoms with E-state index in [9.17, 15) is 9.18 Å². The van der Waals surface area contributed by atoms with Gasteiger partial charge in [0.1, 0.15) is 35.4 Å². The van der Waals surface area contributed by atoms with Crippen LogP contribution in [0.3, 0.4) is 0 Å². The predicted molar refractivity (Wildman–Crippen MR) is 167 cm³/mol. The number of aromatic nitrogens is 2. The quantitative estimate of drug-likeness (QED) is 0.215. The molecule has 10 heteroatoms. The zero-order chi connectivity index (χ0) is 30.1. The lowest BCUT2D eigenvalue weighted by atomic mass is 9.73. The van der Waals surface area contributed by atoms with Crippen molar-refractivity contribution >= 4 is 27.3 Å². The summed E-state index contributed by atoms with van der Waals surface area (Å²) in [5, 5.41) is 14.2. The first kappa shape index (κ1) is 29.3. The first-order chi connectivity index (χ1) is 21.5. The number of benzene rings is 2. The molecule has 2 fully saturated rings. The highest BCUT2D eigenvalue weighted by Gasteiger charge is 2.46. The Balaban J connectivity index is 1.03. The lowest BCUT2D eigenvalue weighted by Gasteiger charge is -2.31. The van der Waals surface area contributed by atoms with E-state index in [1.807, 2.05) is 11.0 Å². The van der Waals surface area contributed by atoms with Crippen LogP contribution in [-0.4, -0.2) is 60.5 Å². The normalized spacial score (nSPS) is 17.9. The number of likely N-dealkylation sites (tertiary alicyclic amines) is 1. The molecule has 3 aliphatic rings. The first-order valence-corrected chi connectivity index (χ1v) is 16.5. The molecule has 1 saturated carbocycles. The van der Waals surface area contributed by atoms with E-state index < -0.39 is 5.82 Å². The van der Waals surface area contributed by atoms with Crippen molar-refractivity contribution in [3.05, 3.63) is 64.5 Å². The Morgan fingerprint density at radius 2 is 1.82 bits per heavy atom. The maximum Gasteiger partial charge on any atom is 0.228 e. The van der Waals surface area contributed by atoms with E-state index in [-0.39, 0.29) is 30.4 Å². The summed E-state index contributed by atoms with van der Waals surface area (Å²) in [7, 11) is 0. The van der Waals surface area contributed by atoms with E-state index >= 15 is 4.39 Å². The number of hydrogen-bond acceptors (Lipinski definition) is 7. The number of amides is 1. The Labute approximate surface area is 259 Å². The number of nitrogens with zero attached hydrogens (tertiary/aromatic N) is 3. The van der Waals surface area contributed by atoms with Crippen molar-refractivity contribution in [2.45, 2.75) is 51.5 Å². The van der Waals surface area contributed by atoms with Gasteiger partial charge in [0.15, 0.2) is 0 Å². The predicted octanol–water partition coefficient (Wildman–Crippen LogP) is 6.53. The Morgan fingerprint density at radius 1 is 0.955 bits per heavy atom. The highest BCUT2D eigenvalue weighted by molar-refractivity contribution is 7.17. The van der Waals surface area contributed by atoms with Gasteiger partial charge in [0.2, 0.25) is 5.91 Å². The second kappa shape index (κ2) is 12.5. The minimum Gasteiger partial charge on any atom is -0.490 e. The number of hydrogen-bond donors (Lipinski definition) is 1. The van der Waals surface area contributed by atoms with Gasteiger partial charge in [-0.25, -0.2) is 8.78 Å². The lowest BCUT2D eigenvalue weighted by Crippen LogP contribution is -2.37. The molecule has 7 nitrogen and oxygen atoms in total. The molecule has 7 rings (SSSR count). The number of carbonyl (C=O) groups is 1. The largest absolute Gasteiger partial charge is 0.490 e. The van der Waals surface area contributed by atoms with Crippen LogP contribution in [0, 0.1) is 17.0 Å². The third kappa shape index (κ3) is 5.59. The summed E-state index contributed by atoms with van der Waals surface area (Å²) >= 11 is 1.25. The van der Waals surface area contributed by atoms with E-state index in [1.165, 1.54) is 46.4 Å². The van der Waals surface area contributed by atoms with Crippen LogP contribution in [0.2, 0.25) is 0 Å². The fourth-order valence-electron chi connectivity index (χ4n) is 7.03. The SMILES string of the molecule is O=C1N(CCOCCOc2cc(F)ccc2-c2nnc(-c3ccc4c(c3)CCNC4)c3c(F)csc23)CCC12CCCCC2. The van der Waals surface area contributed by atoms with Gasteiger partial charge in [-0.15, -0.1) is 21.5 Å². The first-order valence-electron chi connectivity index (χ1n) is 15.6. The van der Waals surface area contributed by atoms with Crippen molar-refractivity contribution in [3.8, 4) is 28.3 Å². The number of ether oxygens (including phenoxy) is 2.